The van der Waals surface area contributed by atoms with E-state index in [1.54, 1.807) is 6.07 Å². The third-order valence-corrected chi connectivity index (χ3v) is 4.73. The molecule has 20 heavy (non-hydrogen) atoms. The summed E-state index contributed by atoms with van der Waals surface area (Å²) in [5, 5.41) is 13.9. The van der Waals surface area contributed by atoms with Crippen molar-refractivity contribution in [2.75, 3.05) is 6.26 Å². The molecular weight excluding hydrogens is 272 g/mol. The van der Waals surface area contributed by atoms with E-state index in [2.05, 4.69) is 10.3 Å². The Hall–Kier alpha value is -1.62. The maximum absolute atomic E-state index is 11.9. The monoisotopic (exact) mass is 290 g/mol. The topological polar surface area (TPSA) is 65.1 Å². The van der Waals surface area contributed by atoms with Crippen LogP contribution in [0.5, 0.6) is 5.75 Å². The van der Waals surface area contributed by atoms with Crippen molar-refractivity contribution in [1.29, 1.82) is 0 Å². The van der Waals surface area contributed by atoms with Crippen LogP contribution < -0.4 is 5.32 Å². The number of carbonyl (C=O) groups excluding carboxylic acids is 1. The summed E-state index contributed by atoms with van der Waals surface area (Å²) in [4.78, 5) is 16.0. The number of nitrogens with one attached hydrogen (secondary N) is 2. The normalized spacial score (nSPS) is 16.3. The van der Waals surface area contributed by atoms with Crippen LogP contribution in [0.1, 0.15) is 25.5 Å². The molecule has 1 amide bonds. The predicted molar refractivity (Wildman–Crippen MR) is 80.9 cm³/mol. The zero-order valence-electron chi connectivity index (χ0n) is 11.6. The number of amides is 1. The van der Waals surface area contributed by atoms with Crippen molar-refractivity contribution < 1.29 is 9.90 Å². The number of aromatic nitrogens is 1. The maximum atomic E-state index is 11.9. The molecule has 0 radical (unpaired) electrons. The molecule has 106 valence electrons. The summed E-state index contributed by atoms with van der Waals surface area (Å²) in [6, 6.07) is 5.71. The smallest absolute Gasteiger partial charge is 0.226 e. The van der Waals surface area contributed by atoms with Gasteiger partial charge in [-0.05, 0) is 31.2 Å². The third-order valence-electron chi connectivity index (χ3n) is 3.96. The molecule has 3 rings (SSSR count). The van der Waals surface area contributed by atoms with Crippen LogP contribution in [0, 0.1) is 5.41 Å². The van der Waals surface area contributed by atoms with Gasteiger partial charge in [0.15, 0.2) is 0 Å². The van der Waals surface area contributed by atoms with Crippen LogP contribution in [0.2, 0.25) is 0 Å². The highest BCUT2D eigenvalue weighted by Crippen LogP contribution is 2.45. The molecule has 0 unspecified atom stereocenters. The lowest BCUT2D eigenvalue weighted by Crippen LogP contribution is -2.29. The van der Waals surface area contributed by atoms with Crippen molar-refractivity contribution in [2.24, 2.45) is 5.41 Å². The Morgan fingerprint density at radius 1 is 1.45 bits per heavy atom. The minimum atomic E-state index is -0.143. The third kappa shape index (κ3) is 2.38. The number of fused-ring (bicyclic) bond motifs is 1. The van der Waals surface area contributed by atoms with E-state index in [9.17, 15) is 9.90 Å². The van der Waals surface area contributed by atoms with Crippen molar-refractivity contribution in [3.05, 3.63) is 23.9 Å². The Morgan fingerprint density at radius 3 is 2.85 bits per heavy atom. The lowest BCUT2D eigenvalue weighted by atomic mass is 10.1. The van der Waals surface area contributed by atoms with Gasteiger partial charge in [-0.15, -0.1) is 11.8 Å². The lowest BCUT2D eigenvalue weighted by molar-refractivity contribution is -0.125. The van der Waals surface area contributed by atoms with E-state index in [4.69, 9.17) is 0 Å². The first-order chi connectivity index (χ1) is 9.51. The second kappa shape index (κ2) is 4.74. The Balaban J connectivity index is 1.77. The van der Waals surface area contributed by atoms with Gasteiger partial charge in [0.1, 0.15) is 5.75 Å². The number of carbonyl (C=O) groups is 1. The number of phenols is 1. The highest BCUT2D eigenvalue weighted by atomic mass is 32.2. The van der Waals surface area contributed by atoms with Crippen LogP contribution in [0.3, 0.4) is 0 Å². The predicted octanol–water partition coefficient (Wildman–Crippen LogP) is 3.01. The fraction of sp³-hybridized carbons (Fsp3) is 0.400. The number of phenolic OH excluding ortho intramolecular Hbond substituents is 1. The average Bonchev–Trinajstić information content (AvgIpc) is 3.05. The summed E-state index contributed by atoms with van der Waals surface area (Å²) in [5.41, 5.74) is 1.70. The van der Waals surface area contributed by atoms with E-state index in [0.29, 0.717) is 6.54 Å². The number of thioether (sulfide) groups is 1. The van der Waals surface area contributed by atoms with Crippen molar-refractivity contribution in [3.8, 4) is 5.75 Å². The molecule has 0 aliphatic heterocycles. The van der Waals surface area contributed by atoms with Crippen molar-refractivity contribution >= 4 is 28.6 Å². The molecule has 1 aromatic heterocycles. The van der Waals surface area contributed by atoms with E-state index in [0.717, 1.165) is 34.3 Å². The zero-order valence-corrected chi connectivity index (χ0v) is 12.4. The zero-order chi connectivity index (χ0) is 14.3. The number of rotatable bonds is 4. The minimum Gasteiger partial charge on any atom is -0.507 e. The molecule has 1 saturated carbocycles. The molecule has 3 N–H and O–H groups in total. The van der Waals surface area contributed by atoms with Crippen LogP contribution in [-0.2, 0) is 11.3 Å². The quantitative estimate of drug-likeness (QED) is 0.758. The van der Waals surface area contributed by atoms with Gasteiger partial charge in [-0.3, -0.25) is 4.79 Å². The summed E-state index contributed by atoms with van der Waals surface area (Å²) in [7, 11) is 0. The molecule has 2 aromatic rings. The van der Waals surface area contributed by atoms with E-state index in [-0.39, 0.29) is 17.1 Å². The summed E-state index contributed by atoms with van der Waals surface area (Å²) >= 11 is 1.52. The van der Waals surface area contributed by atoms with Gasteiger partial charge in [-0.1, -0.05) is 6.92 Å². The van der Waals surface area contributed by atoms with Crippen molar-refractivity contribution in [2.45, 2.75) is 31.2 Å². The molecule has 5 heteroatoms. The van der Waals surface area contributed by atoms with Gasteiger partial charge < -0.3 is 15.4 Å². The van der Waals surface area contributed by atoms with Crippen LogP contribution in [-0.4, -0.2) is 22.3 Å². The number of aromatic hydroxyl groups is 1. The largest absolute Gasteiger partial charge is 0.507 e. The van der Waals surface area contributed by atoms with E-state index >= 15 is 0 Å². The Labute approximate surface area is 121 Å². The minimum absolute atomic E-state index is 0.129. The summed E-state index contributed by atoms with van der Waals surface area (Å²) in [6.07, 6.45) is 3.90. The average molecular weight is 290 g/mol. The SMILES string of the molecule is CSc1cc2cc(CNC(=O)C3(C)CC3)[nH]c2cc1O. The maximum Gasteiger partial charge on any atom is 0.226 e. The molecule has 1 aromatic carbocycles. The number of benzene rings is 1. The summed E-state index contributed by atoms with van der Waals surface area (Å²) in [6.45, 7) is 2.49. The molecule has 0 atom stereocenters. The highest BCUT2D eigenvalue weighted by molar-refractivity contribution is 7.98. The molecule has 1 aliphatic carbocycles. The van der Waals surface area contributed by atoms with Crippen molar-refractivity contribution in [1.82, 2.24) is 10.3 Å². The van der Waals surface area contributed by atoms with Gasteiger partial charge in [-0.2, -0.15) is 0 Å². The molecular formula is C15H18N2O2S. The van der Waals surface area contributed by atoms with Crippen LogP contribution in [0.25, 0.3) is 10.9 Å². The van der Waals surface area contributed by atoms with Crippen molar-refractivity contribution in [3.63, 3.8) is 0 Å². The Kier molecular flexibility index (Phi) is 3.17. The van der Waals surface area contributed by atoms with E-state index in [1.165, 1.54) is 11.8 Å². The lowest BCUT2D eigenvalue weighted by Gasteiger charge is -2.08. The molecule has 0 saturated heterocycles. The van der Waals surface area contributed by atoms with Gasteiger partial charge in [0.05, 0.1) is 6.54 Å². The molecule has 1 heterocycles. The molecule has 0 spiro atoms. The fourth-order valence-corrected chi connectivity index (χ4v) is 2.78. The second-order valence-electron chi connectivity index (χ2n) is 5.65. The Morgan fingerprint density at radius 2 is 2.20 bits per heavy atom. The van der Waals surface area contributed by atoms with Gasteiger partial charge in [-0.25, -0.2) is 0 Å². The first kappa shape index (κ1) is 13.4. The number of aromatic amines is 1. The standard InChI is InChI=1S/C15H18N2O2S/c1-15(3-4-15)14(19)16-8-10-5-9-6-13(20-2)12(18)7-11(9)17-10/h5-7,17-18H,3-4,8H2,1-2H3,(H,16,19). The van der Waals surface area contributed by atoms with Crippen LogP contribution in [0.4, 0.5) is 0 Å². The number of hydrogen-bond donors (Lipinski definition) is 3. The first-order valence-electron chi connectivity index (χ1n) is 6.69. The fourth-order valence-electron chi connectivity index (χ4n) is 2.27. The number of hydrogen-bond acceptors (Lipinski definition) is 3. The van der Waals surface area contributed by atoms with Crippen LogP contribution >= 0.6 is 11.8 Å². The van der Waals surface area contributed by atoms with Crippen LogP contribution in [0.15, 0.2) is 23.1 Å². The number of H-pyrrole nitrogens is 1. The van der Waals surface area contributed by atoms with Gasteiger partial charge >= 0.3 is 0 Å². The second-order valence-corrected chi connectivity index (χ2v) is 6.50. The Bertz CT molecular complexity index is 674. The summed E-state index contributed by atoms with van der Waals surface area (Å²) < 4.78 is 0. The van der Waals surface area contributed by atoms with Gasteiger partial charge in [0, 0.05) is 33.0 Å². The first-order valence-corrected chi connectivity index (χ1v) is 7.91. The molecule has 4 nitrogen and oxygen atoms in total. The molecule has 0 bridgehead atoms. The van der Waals surface area contributed by atoms with E-state index < -0.39 is 0 Å². The molecule has 1 fully saturated rings. The van der Waals surface area contributed by atoms with E-state index in [1.807, 2.05) is 25.3 Å². The summed E-state index contributed by atoms with van der Waals surface area (Å²) in [5.74, 6) is 0.414. The van der Waals surface area contributed by atoms with Gasteiger partial charge in [0.25, 0.3) is 0 Å². The van der Waals surface area contributed by atoms with Gasteiger partial charge in [0.2, 0.25) is 5.91 Å². The molecule has 1 aliphatic rings. The highest BCUT2D eigenvalue weighted by Gasteiger charge is 2.44.